The number of benzene rings is 1. The summed E-state index contributed by atoms with van der Waals surface area (Å²) in [6.45, 7) is 1.92. The van der Waals surface area contributed by atoms with E-state index in [0.717, 1.165) is 27.4 Å². The maximum atomic E-state index is 6.16. The monoisotopic (exact) mass is 243 g/mol. The maximum absolute atomic E-state index is 6.16. The van der Waals surface area contributed by atoms with Crippen molar-refractivity contribution in [3.63, 3.8) is 0 Å². The van der Waals surface area contributed by atoms with Crippen LogP contribution in [0.2, 0.25) is 5.15 Å². The second kappa shape index (κ2) is 3.57. The molecule has 0 amide bonds. The number of hydrogen-bond donors (Lipinski definition) is 1. The molecule has 0 saturated carbocycles. The summed E-state index contributed by atoms with van der Waals surface area (Å²) in [6.07, 6.45) is 0. The highest BCUT2D eigenvalue weighted by Crippen LogP contribution is 2.32. The Bertz CT molecular complexity index is 737. The van der Waals surface area contributed by atoms with Crippen molar-refractivity contribution < 1.29 is 0 Å². The topological polar surface area (TPSA) is 51.8 Å². The number of aromatic nitrogens is 2. The van der Waals surface area contributed by atoms with Gasteiger partial charge in [0.15, 0.2) is 0 Å². The van der Waals surface area contributed by atoms with E-state index in [1.165, 1.54) is 0 Å². The van der Waals surface area contributed by atoms with Crippen LogP contribution in [0, 0.1) is 6.92 Å². The fourth-order valence-electron chi connectivity index (χ4n) is 2.09. The molecule has 1 aromatic carbocycles. The summed E-state index contributed by atoms with van der Waals surface area (Å²) in [7, 11) is 0. The van der Waals surface area contributed by atoms with Crippen LogP contribution in [0.3, 0.4) is 0 Å². The number of anilines is 1. The number of para-hydroxylation sites is 1. The lowest BCUT2D eigenvalue weighted by molar-refractivity contribution is 1.23. The second-order valence-electron chi connectivity index (χ2n) is 3.99. The van der Waals surface area contributed by atoms with E-state index < -0.39 is 0 Å². The number of hydrogen-bond acceptors (Lipinski definition) is 3. The Labute approximate surface area is 103 Å². The molecule has 2 heterocycles. The molecule has 84 valence electrons. The van der Waals surface area contributed by atoms with E-state index in [-0.39, 0.29) is 0 Å². The molecule has 0 bridgehead atoms. The van der Waals surface area contributed by atoms with Crippen molar-refractivity contribution in [2.45, 2.75) is 6.92 Å². The van der Waals surface area contributed by atoms with Crippen LogP contribution in [-0.4, -0.2) is 9.97 Å². The van der Waals surface area contributed by atoms with Crippen LogP contribution in [0.5, 0.6) is 0 Å². The number of pyridine rings is 2. The third-order valence-corrected chi connectivity index (χ3v) is 3.07. The number of nitrogens with zero attached hydrogens (tertiary/aromatic N) is 2. The van der Waals surface area contributed by atoms with Gasteiger partial charge in [-0.25, -0.2) is 9.97 Å². The minimum absolute atomic E-state index is 0.406. The number of halogens is 1. The zero-order valence-corrected chi connectivity index (χ0v) is 9.99. The minimum atomic E-state index is 0.406. The lowest BCUT2D eigenvalue weighted by atomic mass is 10.1. The number of fused-ring (bicyclic) bond motifs is 3. The molecule has 4 heteroatoms. The molecule has 0 aliphatic rings. The standard InChI is InChI=1S/C13H10ClN3/c1-7-6-9-8-4-2-3-5-10(8)17-12(14)11(9)13(15)16-7/h2-6H,1H3,(H2,15,16). The zero-order valence-electron chi connectivity index (χ0n) is 9.24. The Balaban J connectivity index is 2.64. The molecule has 3 rings (SSSR count). The summed E-state index contributed by atoms with van der Waals surface area (Å²) in [5.74, 6) is 0.434. The van der Waals surface area contributed by atoms with Gasteiger partial charge in [0, 0.05) is 11.1 Å². The molecule has 0 atom stereocenters. The molecule has 0 aliphatic carbocycles. The van der Waals surface area contributed by atoms with Gasteiger partial charge in [-0.1, -0.05) is 29.8 Å². The summed E-state index contributed by atoms with van der Waals surface area (Å²) >= 11 is 6.16. The van der Waals surface area contributed by atoms with Crippen molar-refractivity contribution in [1.29, 1.82) is 0 Å². The number of nitrogen functional groups attached to an aromatic ring is 1. The molecule has 0 fully saturated rings. The van der Waals surface area contributed by atoms with Crippen LogP contribution in [0.4, 0.5) is 5.82 Å². The molecule has 2 aromatic heterocycles. The first-order valence-electron chi connectivity index (χ1n) is 5.28. The molecule has 0 aliphatic heterocycles. The van der Waals surface area contributed by atoms with Crippen molar-refractivity contribution in [1.82, 2.24) is 9.97 Å². The predicted octanol–water partition coefficient (Wildman–Crippen LogP) is 3.33. The molecule has 0 saturated heterocycles. The molecule has 17 heavy (non-hydrogen) atoms. The molecule has 2 N–H and O–H groups in total. The predicted molar refractivity (Wildman–Crippen MR) is 71.2 cm³/mol. The van der Waals surface area contributed by atoms with Gasteiger partial charge in [-0.2, -0.15) is 0 Å². The van der Waals surface area contributed by atoms with Gasteiger partial charge >= 0.3 is 0 Å². The summed E-state index contributed by atoms with van der Waals surface area (Å²) in [6, 6.07) is 9.85. The van der Waals surface area contributed by atoms with E-state index in [2.05, 4.69) is 9.97 Å². The van der Waals surface area contributed by atoms with E-state index >= 15 is 0 Å². The number of aryl methyl sites for hydroxylation is 1. The Kier molecular flexibility index (Phi) is 2.16. The first-order valence-corrected chi connectivity index (χ1v) is 5.65. The Hall–Kier alpha value is -1.87. The zero-order chi connectivity index (χ0) is 12.0. The maximum Gasteiger partial charge on any atom is 0.141 e. The van der Waals surface area contributed by atoms with Crippen molar-refractivity contribution in [2.24, 2.45) is 0 Å². The van der Waals surface area contributed by atoms with Crippen molar-refractivity contribution in [2.75, 3.05) is 5.73 Å². The first kappa shape index (κ1) is 10.3. The Morgan fingerprint density at radius 3 is 2.71 bits per heavy atom. The summed E-state index contributed by atoms with van der Waals surface area (Å²) in [4.78, 5) is 8.56. The van der Waals surface area contributed by atoms with Crippen molar-refractivity contribution in [3.05, 3.63) is 41.2 Å². The molecular weight excluding hydrogens is 234 g/mol. The average molecular weight is 244 g/mol. The van der Waals surface area contributed by atoms with E-state index in [4.69, 9.17) is 17.3 Å². The van der Waals surface area contributed by atoms with Crippen molar-refractivity contribution >= 4 is 39.1 Å². The van der Waals surface area contributed by atoms with Gasteiger partial charge in [-0.3, -0.25) is 0 Å². The molecule has 3 nitrogen and oxygen atoms in total. The van der Waals surface area contributed by atoms with Crippen LogP contribution in [0.25, 0.3) is 21.7 Å². The van der Waals surface area contributed by atoms with Gasteiger partial charge < -0.3 is 5.73 Å². The van der Waals surface area contributed by atoms with E-state index in [1.54, 1.807) is 0 Å². The minimum Gasteiger partial charge on any atom is -0.383 e. The summed E-state index contributed by atoms with van der Waals surface area (Å²) in [5, 5.41) is 3.19. The molecule has 0 spiro atoms. The Morgan fingerprint density at radius 2 is 1.88 bits per heavy atom. The van der Waals surface area contributed by atoms with Crippen LogP contribution in [0.15, 0.2) is 30.3 Å². The fraction of sp³-hybridized carbons (Fsp3) is 0.0769. The van der Waals surface area contributed by atoms with Crippen molar-refractivity contribution in [3.8, 4) is 0 Å². The smallest absolute Gasteiger partial charge is 0.141 e. The van der Waals surface area contributed by atoms with Crippen LogP contribution in [-0.2, 0) is 0 Å². The number of rotatable bonds is 0. The van der Waals surface area contributed by atoms with Gasteiger partial charge in [0.05, 0.1) is 10.9 Å². The van der Waals surface area contributed by atoms with Gasteiger partial charge in [0.1, 0.15) is 11.0 Å². The van der Waals surface area contributed by atoms with Gasteiger partial charge in [0.25, 0.3) is 0 Å². The SMILES string of the molecule is Cc1cc2c(c(N)n1)c(Cl)nc1ccccc12. The first-order chi connectivity index (χ1) is 8.16. The normalized spacial score (nSPS) is 11.2. The second-order valence-corrected chi connectivity index (χ2v) is 4.35. The van der Waals surface area contributed by atoms with E-state index in [1.807, 2.05) is 37.3 Å². The number of nitrogens with two attached hydrogens (primary N) is 1. The van der Waals surface area contributed by atoms with Crippen LogP contribution < -0.4 is 5.73 Å². The molecule has 0 unspecified atom stereocenters. The molecule has 3 aromatic rings. The lowest BCUT2D eigenvalue weighted by Crippen LogP contribution is -1.96. The highest BCUT2D eigenvalue weighted by molar-refractivity contribution is 6.36. The largest absolute Gasteiger partial charge is 0.383 e. The van der Waals surface area contributed by atoms with Gasteiger partial charge in [-0.15, -0.1) is 0 Å². The van der Waals surface area contributed by atoms with Crippen LogP contribution in [0.1, 0.15) is 5.69 Å². The molecule has 0 radical (unpaired) electrons. The summed E-state index contributed by atoms with van der Waals surface area (Å²) in [5.41, 5.74) is 7.66. The lowest BCUT2D eigenvalue weighted by Gasteiger charge is -2.08. The highest BCUT2D eigenvalue weighted by atomic mass is 35.5. The summed E-state index contributed by atoms with van der Waals surface area (Å²) < 4.78 is 0. The fourth-order valence-corrected chi connectivity index (χ4v) is 2.38. The van der Waals surface area contributed by atoms with Gasteiger partial charge in [-0.05, 0) is 24.4 Å². The van der Waals surface area contributed by atoms with Crippen LogP contribution >= 0.6 is 11.6 Å². The molecular formula is C13H10ClN3. The third-order valence-electron chi connectivity index (χ3n) is 2.79. The average Bonchev–Trinajstić information content (AvgIpc) is 2.28. The van der Waals surface area contributed by atoms with E-state index in [0.29, 0.717) is 11.0 Å². The quantitative estimate of drug-likeness (QED) is 0.487. The Morgan fingerprint density at radius 1 is 1.12 bits per heavy atom. The van der Waals surface area contributed by atoms with Gasteiger partial charge in [0.2, 0.25) is 0 Å². The highest BCUT2D eigenvalue weighted by Gasteiger charge is 2.10. The third kappa shape index (κ3) is 1.51. The van der Waals surface area contributed by atoms with E-state index in [9.17, 15) is 0 Å².